The van der Waals surface area contributed by atoms with Crippen LogP contribution < -0.4 is 19.5 Å². The van der Waals surface area contributed by atoms with Gasteiger partial charge in [0.1, 0.15) is 30.0 Å². The Hall–Kier alpha value is -3.61. The highest BCUT2D eigenvalue weighted by molar-refractivity contribution is 6.32. The summed E-state index contributed by atoms with van der Waals surface area (Å²) in [5.41, 5.74) is -1.35. The molecule has 1 amide bonds. The quantitative estimate of drug-likeness (QED) is 0.228. The minimum Gasteiger partial charge on any atom is -0.616 e. The lowest BCUT2D eigenvalue weighted by Gasteiger charge is -2.17. The van der Waals surface area contributed by atoms with Gasteiger partial charge in [-0.3, -0.25) is 4.79 Å². The molecule has 1 aromatic heterocycles. The number of pyridine rings is 1. The van der Waals surface area contributed by atoms with E-state index in [-0.39, 0.29) is 28.4 Å². The van der Waals surface area contributed by atoms with Gasteiger partial charge in [0.25, 0.3) is 5.91 Å². The summed E-state index contributed by atoms with van der Waals surface area (Å²) in [6, 6.07) is 6.97. The molecule has 0 radical (unpaired) electrons. The van der Waals surface area contributed by atoms with Gasteiger partial charge in [-0.05, 0) is 42.8 Å². The summed E-state index contributed by atoms with van der Waals surface area (Å²) >= 11 is 5.80. The number of hydrogen-bond acceptors (Lipinski definition) is 6. The van der Waals surface area contributed by atoms with Crippen LogP contribution in [-0.2, 0) is 6.18 Å². The molecular weight excluding hydrogens is 512 g/mol. The first-order valence-electron chi connectivity index (χ1n) is 10.2. The van der Waals surface area contributed by atoms with Crippen molar-refractivity contribution in [2.75, 3.05) is 18.5 Å². The largest absolute Gasteiger partial charge is 0.616 e. The molecule has 1 unspecified atom stereocenters. The molecule has 8 nitrogen and oxygen atoms in total. The summed E-state index contributed by atoms with van der Waals surface area (Å²) in [7, 11) is 0. The molecule has 1 atom stereocenters. The molecule has 36 heavy (non-hydrogen) atoms. The van der Waals surface area contributed by atoms with Gasteiger partial charge in [-0.25, -0.2) is 4.39 Å². The molecule has 0 saturated carbocycles. The van der Waals surface area contributed by atoms with Gasteiger partial charge in [0.15, 0.2) is 6.20 Å². The number of amides is 1. The fourth-order valence-electron chi connectivity index (χ4n) is 2.96. The summed E-state index contributed by atoms with van der Waals surface area (Å²) in [6.45, 7) is 0.441. The fraction of sp³-hybridized carbons (Fsp3) is 0.217. The third-order valence-corrected chi connectivity index (χ3v) is 5.07. The Balaban J connectivity index is 1.96. The average Bonchev–Trinajstić information content (AvgIpc) is 2.80. The SMILES string of the molecule is Cc1cc(F)ccc1Oc1cc(C(F)(F)F)c(Cl)cc1C(=O)Nc1cc[n+]([O-])c(OCC(O)CO)c1. The molecule has 3 N–H and O–H groups in total. The van der Waals surface area contributed by atoms with Crippen molar-refractivity contribution >= 4 is 23.2 Å². The van der Waals surface area contributed by atoms with Crippen LogP contribution in [0.2, 0.25) is 5.02 Å². The summed E-state index contributed by atoms with van der Waals surface area (Å²) in [5.74, 6) is -2.36. The highest BCUT2D eigenvalue weighted by atomic mass is 35.5. The van der Waals surface area contributed by atoms with E-state index in [9.17, 15) is 32.7 Å². The Morgan fingerprint density at radius 2 is 1.92 bits per heavy atom. The van der Waals surface area contributed by atoms with Crippen molar-refractivity contribution in [2.24, 2.45) is 0 Å². The lowest BCUT2D eigenvalue weighted by Crippen LogP contribution is -2.31. The van der Waals surface area contributed by atoms with E-state index >= 15 is 0 Å². The van der Waals surface area contributed by atoms with Crippen molar-refractivity contribution in [3.63, 3.8) is 0 Å². The van der Waals surface area contributed by atoms with Gasteiger partial charge in [0.2, 0.25) is 0 Å². The zero-order valence-corrected chi connectivity index (χ0v) is 19.2. The van der Waals surface area contributed by atoms with Gasteiger partial charge in [-0.2, -0.15) is 13.2 Å². The number of nitrogens with one attached hydrogen (secondary N) is 1. The number of carbonyl (C=O) groups excluding carboxylic acids is 1. The molecule has 0 aliphatic carbocycles. The molecule has 0 fully saturated rings. The summed E-state index contributed by atoms with van der Waals surface area (Å²) < 4.78 is 64.7. The maximum absolute atomic E-state index is 13.4. The monoisotopic (exact) mass is 530 g/mol. The highest BCUT2D eigenvalue weighted by Gasteiger charge is 2.35. The molecule has 3 rings (SSSR count). The van der Waals surface area contributed by atoms with E-state index < -0.39 is 53.6 Å². The summed E-state index contributed by atoms with van der Waals surface area (Å²) in [4.78, 5) is 13.0. The van der Waals surface area contributed by atoms with Gasteiger partial charge in [0, 0.05) is 6.07 Å². The van der Waals surface area contributed by atoms with Crippen LogP contribution >= 0.6 is 11.6 Å². The minimum atomic E-state index is -4.85. The topological polar surface area (TPSA) is 115 Å². The van der Waals surface area contributed by atoms with Crippen molar-refractivity contribution in [1.82, 2.24) is 0 Å². The molecule has 0 aliphatic heterocycles. The number of halogens is 5. The summed E-state index contributed by atoms with van der Waals surface area (Å²) in [6.07, 6.45) is -5.13. The average molecular weight is 531 g/mol. The molecule has 0 spiro atoms. The first-order valence-corrected chi connectivity index (χ1v) is 10.6. The van der Waals surface area contributed by atoms with Crippen molar-refractivity contribution in [3.05, 3.63) is 81.4 Å². The predicted octanol–water partition coefficient (Wildman–Crippen LogP) is 4.22. The molecule has 0 bridgehead atoms. The number of nitrogens with zero attached hydrogens (tertiary/aromatic N) is 1. The normalized spacial score (nSPS) is 12.2. The number of aliphatic hydroxyl groups is 2. The second kappa shape index (κ2) is 11.0. The Bertz CT molecular complexity index is 1270. The lowest BCUT2D eigenvalue weighted by atomic mass is 10.1. The van der Waals surface area contributed by atoms with Crippen LogP contribution in [0.5, 0.6) is 17.4 Å². The Labute approximate surface area is 206 Å². The summed E-state index contributed by atoms with van der Waals surface area (Å²) in [5, 5.41) is 31.8. The number of rotatable bonds is 8. The Kier molecular flexibility index (Phi) is 8.23. The molecule has 3 aromatic rings. The first-order chi connectivity index (χ1) is 16.9. The fourth-order valence-corrected chi connectivity index (χ4v) is 3.23. The molecular formula is C23H19ClF4N2O6. The third kappa shape index (κ3) is 6.53. The number of aryl methyl sites for hydroxylation is 1. The smallest absolute Gasteiger partial charge is 0.417 e. The van der Waals surface area contributed by atoms with Crippen LogP contribution in [0.1, 0.15) is 21.5 Å². The zero-order valence-electron chi connectivity index (χ0n) is 18.5. The van der Waals surface area contributed by atoms with Gasteiger partial charge >= 0.3 is 12.1 Å². The first kappa shape index (κ1) is 27.0. The van der Waals surface area contributed by atoms with Crippen LogP contribution in [0, 0.1) is 17.9 Å². The van der Waals surface area contributed by atoms with Crippen molar-refractivity contribution in [3.8, 4) is 17.4 Å². The Morgan fingerprint density at radius 3 is 2.56 bits per heavy atom. The second-order valence-electron chi connectivity index (χ2n) is 7.52. The third-order valence-electron chi connectivity index (χ3n) is 4.75. The number of benzene rings is 2. The van der Waals surface area contributed by atoms with E-state index in [1.54, 1.807) is 0 Å². The van der Waals surface area contributed by atoms with Crippen molar-refractivity contribution in [2.45, 2.75) is 19.2 Å². The lowest BCUT2D eigenvalue weighted by molar-refractivity contribution is -0.613. The number of carbonyl (C=O) groups is 1. The van der Waals surface area contributed by atoms with E-state index in [4.69, 9.17) is 26.2 Å². The molecule has 192 valence electrons. The molecule has 1 heterocycles. The Morgan fingerprint density at radius 1 is 1.19 bits per heavy atom. The molecule has 13 heteroatoms. The number of anilines is 1. The van der Waals surface area contributed by atoms with E-state index in [0.29, 0.717) is 10.8 Å². The standard InChI is InChI=1S/C23H19ClF4N2O6/c1-12-6-13(25)2-3-19(12)36-20-9-17(23(26,27)28)18(24)8-16(20)22(33)29-14-4-5-30(34)21(7-14)35-11-15(32)10-31/h2-9,15,31-32H,10-11H2,1H3,(H,29,33). The number of aromatic nitrogens is 1. The van der Waals surface area contributed by atoms with Gasteiger partial charge < -0.3 is 30.2 Å². The van der Waals surface area contributed by atoms with Crippen LogP contribution in [-0.4, -0.2) is 35.4 Å². The van der Waals surface area contributed by atoms with Crippen molar-refractivity contribution in [1.29, 1.82) is 0 Å². The van der Waals surface area contributed by atoms with Gasteiger partial charge in [0.05, 0.1) is 34.5 Å². The van der Waals surface area contributed by atoms with Crippen LogP contribution in [0.25, 0.3) is 0 Å². The maximum atomic E-state index is 13.4. The van der Waals surface area contributed by atoms with Crippen molar-refractivity contribution < 1.29 is 46.8 Å². The van der Waals surface area contributed by atoms with Crippen LogP contribution in [0.3, 0.4) is 0 Å². The predicted molar refractivity (Wildman–Crippen MR) is 120 cm³/mol. The molecule has 2 aromatic carbocycles. The maximum Gasteiger partial charge on any atom is 0.417 e. The van der Waals surface area contributed by atoms with E-state index in [0.717, 1.165) is 30.5 Å². The highest BCUT2D eigenvalue weighted by Crippen LogP contribution is 2.40. The molecule has 0 saturated heterocycles. The number of aliphatic hydroxyl groups excluding tert-OH is 2. The minimum absolute atomic E-state index is 0.00568. The number of ether oxygens (including phenoxy) is 2. The van der Waals surface area contributed by atoms with E-state index in [1.165, 1.54) is 19.1 Å². The number of alkyl halides is 3. The van der Waals surface area contributed by atoms with Crippen LogP contribution in [0.4, 0.5) is 23.2 Å². The zero-order chi connectivity index (χ0) is 26.6. The van der Waals surface area contributed by atoms with Crippen LogP contribution in [0.15, 0.2) is 48.7 Å². The second-order valence-corrected chi connectivity index (χ2v) is 7.93. The van der Waals surface area contributed by atoms with Gasteiger partial charge in [-0.1, -0.05) is 11.6 Å². The molecule has 0 aliphatic rings. The van der Waals surface area contributed by atoms with E-state index in [1.807, 2.05) is 0 Å². The van der Waals surface area contributed by atoms with Gasteiger partial charge in [-0.15, -0.1) is 4.73 Å². The number of hydrogen-bond donors (Lipinski definition) is 3. The van der Waals surface area contributed by atoms with E-state index in [2.05, 4.69) is 5.32 Å².